The minimum absolute atomic E-state index is 0.165. The summed E-state index contributed by atoms with van der Waals surface area (Å²) in [6.45, 7) is 3.26. The van der Waals surface area contributed by atoms with Crippen LogP contribution in [0.15, 0.2) is 12.1 Å². The quantitative estimate of drug-likeness (QED) is 0.652. The lowest BCUT2D eigenvalue weighted by molar-refractivity contribution is -0.386. The number of phenols is 1. The van der Waals surface area contributed by atoms with Crippen LogP contribution in [0, 0.1) is 21.8 Å². The molecule has 6 nitrogen and oxygen atoms in total. The van der Waals surface area contributed by atoms with Crippen molar-refractivity contribution in [3.63, 3.8) is 0 Å². The molecule has 1 aromatic carbocycles. The molecule has 24 heavy (non-hydrogen) atoms. The van der Waals surface area contributed by atoms with Gasteiger partial charge in [0.05, 0.1) is 11.0 Å². The summed E-state index contributed by atoms with van der Waals surface area (Å²) in [4.78, 5) is 12.7. The fourth-order valence-electron chi connectivity index (χ4n) is 4.13. The molecule has 0 unspecified atom stereocenters. The van der Waals surface area contributed by atoms with Crippen molar-refractivity contribution in [2.24, 2.45) is 5.92 Å². The minimum atomic E-state index is -0.711. The average molecular weight is 337 g/mol. The van der Waals surface area contributed by atoms with Crippen molar-refractivity contribution in [1.82, 2.24) is 10.2 Å². The highest BCUT2D eigenvalue weighted by molar-refractivity contribution is 5.52. The maximum Gasteiger partial charge on any atom is 0.313 e. The number of benzene rings is 1. The molecule has 1 aromatic rings. The van der Waals surface area contributed by atoms with Gasteiger partial charge in [-0.2, -0.15) is 0 Å². The predicted molar refractivity (Wildman–Crippen MR) is 88.5 cm³/mol. The van der Waals surface area contributed by atoms with Crippen LogP contribution < -0.4 is 5.32 Å². The third-order valence-electron chi connectivity index (χ3n) is 5.24. The Morgan fingerprint density at radius 2 is 1.92 bits per heavy atom. The second-order valence-electron chi connectivity index (χ2n) is 6.75. The summed E-state index contributed by atoms with van der Waals surface area (Å²) in [5.74, 6) is -0.745. The summed E-state index contributed by atoms with van der Waals surface area (Å²) in [7, 11) is 0. The summed E-state index contributed by atoms with van der Waals surface area (Å²) in [6, 6.07) is 1.92. The van der Waals surface area contributed by atoms with E-state index >= 15 is 0 Å². The zero-order valence-corrected chi connectivity index (χ0v) is 13.7. The molecule has 0 radical (unpaired) electrons. The van der Waals surface area contributed by atoms with Gasteiger partial charge in [-0.15, -0.1) is 0 Å². The van der Waals surface area contributed by atoms with E-state index in [4.69, 9.17) is 0 Å². The van der Waals surface area contributed by atoms with Gasteiger partial charge in [0.25, 0.3) is 0 Å². The van der Waals surface area contributed by atoms with E-state index in [-0.39, 0.29) is 11.8 Å². The first-order valence-electron chi connectivity index (χ1n) is 8.69. The first-order chi connectivity index (χ1) is 11.6. The number of rotatable bonds is 4. The molecule has 0 aromatic heterocycles. The number of nitro benzene ring substituents is 1. The molecule has 2 fully saturated rings. The van der Waals surface area contributed by atoms with Crippen LogP contribution in [-0.2, 0) is 0 Å². The second-order valence-corrected chi connectivity index (χ2v) is 6.75. The zero-order chi connectivity index (χ0) is 17.1. The Hall–Kier alpha value is -1.73. The zero-order valence-electron chi connectivity index (χ0n) is 13.7. The fraction of sp³-hybridized carbons (Fsp3) is 0.647. The van der Waals surface area contributed by atoms with Crippen molar-refractivity contribution in [1.29, 1.82) is 0 Å². The largest absolute Gasteiger partial charge is 0.502 e. The molecule has 3 rings (SSSR count). The number of phenolic OH excluding ortho intramolecular Hbond substituents is 1. The van der Waals surface area contributed by atoms with Gasteiger partial charge < -0.3 is 10.4 Å². The smallest absolute Gasteiger partial charge is 0.313 e. The lowest BCUT2D eigenvalue weighted by Crippen LogP contribution is -2.47. The van der Waals surface area contributed by atoms with E-state index in [1.807, 2.05) is 0 Å². The van der Waals surface area contributed by atoms with Crippen molar-refractivity contribution >= 4 is 5.69 Å². The van der Waals surface area contributed by atoms with E-state index in [0.717, 1.165) is 57.9 Å². The highest BCUT2D eigenvalue weighted by atomic mass is 19.1. The monoisotopic (exact) mass is 337 g/mol. The molecule has 0 amide bonds. The Balaban J connectivity index is 2.02. The van der Waals surface area contributed by atoms with Crippen LogP contribution >= 0.6 is 0 Å². The maximum absolute atomic E-state index is 14.0. The molecule has 2 N–H and O–H groups in total. The molecule has 2 aliphatic rings. The van der Waals surface area contributed by atoms with Gasteiger partial charge in [-0.3, -0.25) is 15.0 Å². The topological polar surface area (TPSA) is 78.6 Å². The predicted octanol–water partition coefficient (Wildman–Crippen LogP) is 2.97. The van der Waals surface area contributed by atoms with Gasteiger partial charge >= 0.3 is 5.69 Å². The minimum Gasteiger partial charge on any atom is -0.502 e. The summed E-state index contributed by atoms with van der Waals surface area (Å²) in [5, 5.41) is 24.9. The molecule has 1 heterocycles. The molecule has 1 aliphatic heterocycles. The number of piperazine rings is 1. The summed E-state index contributed by atoms with van der Waals surface area (Å²) < 4.78 is 14.0. The molecular formula is C17H24FN3O3. The average Bonchev–Trinajstić information content (AvgIpc) is 2.59. The van der Waals surface area contributed by atoms with E-state index in [1.165, 1.54) is 12.5 Å². The number of nitrogens with zero attached hydrogens (tertiary/aromatic N) is 2. The highest BCUT2D eigenvalue weighted by Gasteiger charge is 2.35. The third-order valence-corrected chi connectivity index (χ3v) is 5.24. The summed E-state index contributed by atoms with van der Waals surface area (Å²) >= 11 is 0. The molecule has 1 aliphatic carbocycles. The van der Waals surface area contributed by atoms with Crippen LogP contribution in [0.3, 0.4) is 0 Å². The summed E-state index contributed by atoms with van der Waals surface area (Å²) in [6.07, 6.45) is 5.45. The molecule has 1 saturated heterocycles. The number of nitro groups is 1. The Morgan fingerprint density at radius 1 is 1.25 bits per heavy atom. The number of aromatic hydroxyl groups is 1. The van der Waals surface area contributed by atoms with Crippen LogP contribution in [0.2, 0.25) is 0 Å². The first kappa shape index (κ1) is 17.1. The Morgan fingerprint density at radius 3 is 2.54 bits per heavy atom. The molecule has 0 bridgehead atoms. The van der Waals surface area contributed by atoms with Crippen molar-refractivity contribution in [2.45, 2.75) is 38.1 Å². The van der Waals surface area contributed by atoms with Gasteiger partial charge in [-0.25, -0.2) is 4.39 Å². The molecule has 1 saturated carbocycles. The van der Waals surface area contributed by atoms with Crippen molar-refractivity contribution in [3.05, 3.63) is 33.6 Å². The van der Waals surface area contributed by atoms with E-state index in [9.17, 15) is 19.6 Å². The first-order valence-corrected chi connectivity index (χ1v) is 8.69. The molecule has 1 atom stereocenters. The van der Waals surface area contributed by atoms with Gasteiger partial charge in [0.2, 0.25) is 0 Å². The van der Waals surface area contributed by atoms with Gasteiger partial charge in [0.1, 0.15) is 5.82 Å². The van der Waals surface area contributed by atoms with E-state index < -0.39 is 16.4 Å². The van der Waals surface area contributed by atoms with E-state index in [1.54, 1.807) is 0 Å². The van der Waals surface area contributed by atoms with Gasteiger partial charge in [-0.1, -0.05) is 19.3 Å². The van der Waals surface area contributed by atoms with Gasteiger partial charge in [0, 0.05) is 37.8 Å². The van der Waals surface area contributed by atoms with Gasteiger partial charge in [-0.05, 0) is 24.8 Å². The van der Waals surface area contributed by atoms with Gasteiger partial charge in [0.15, 0.2) is 5.75 Å². The van der Waals surface area contributed by atoms with Crippen LogP contribution in [0.5, 0.6) is 5.75 Å². The number of halogens is 1. The lowest BCUT2D eigenvalue weighted by atomic mass is 9.79. The normalized spacial score (nSPS) is 21.5. The van der Waals surface area contributed by atoms with Crippen LogP contribution in [0.1, 0.15) is 43.7 Å². The molecule has 132 valence electrons. The summed E-state index contributed by atoms with van der Waals surface area (Å²) in [5.41, 5.74) is -0.170. The van der Waals surface area contributed by atoms with Crippen LogP contribution in [-0.4, -0.2) is 41.1 Å². The van der Waals surface area contributed by atoms with E-state index in [2.05, 4.69) is 10.2 Å². The van der Waals surface area contributed by atoms with Crippen molar-refractivity contribution in [2.75, 3.05) is 26.2 Å². The molecule has 0 spiro atoms. The molecule has 7 heteroatoms. The van der Waals surface area contributed by atoms with Crippen molar-refractivity contribution in [3.8, 4) is 5.75 Å². The third kappa shape index (κ3) is 3.52. The Bertz CT molecular complexity index is 581. The lowest BCUT2D eigenvalue weighted by Gasteiger charge is -2.41. The van der Waals surface area contributed by atoms with Crippen LogP contribution in [0.4, 0.5) is 10.1 Å². The molecular weight excluding hydrogens is 313 g/mol. The Kier molecular flexibility index (Phi) is 5.30. The number of hydrogen-bond acceptors (Lipinski definition) is 5. The van der Waals surface area contributed by atoms with Crippen LogP contribution in [0.25, 0.3) is 0 Å². The standard InChI is InChI=1S/C17H24FN3O3/c18-13-10-14(17(22)15(11-13)21(23)24)16(12-4-2-1-3-5-12)20-8-6-19-7-9-20/h10-12,16,19,22H,1-9H2/t16-/m0/s1. The second kappa shape index (κ2) is 7.44. The SMILES string of the molecule is O=[N+]([O-])c1cc(F)cc([C@H](C2CCCCC2)N2CCNCC2)c1O. The highest BCUT2D eigenvalue weighted by Crippen LogP contribution is 2.44. The van der Waals surface area contributed by atoms with Crippen molar-refractivity contribution < 1.29 is 14.4 Å². The van der Waals surface area contributed by atoms with E-state index in [0.29, 0.717) is 11.5 Å². The Labute approximate surface area is 140 Å². The number of nitrogens with one attached hydrogen (secondary N) is 1. The fourth-order valence-corrected chi connectivity index (χ4v) is 4.13. The maximum atomic E-state index is 14.0. The number of hydrogen-bond donors (Lipinski definition) is 2.